The van der Waals surface area contributed by atoms with Gasteiger partial charge in [-0.2, -0.15) is 5.41 Å². The van der Waals surface area contributed by atoms with Crippen LogP contribution in [0.2, 0.25) is 0 Å². The first kappa shape index (κ1) is 25.3. The number of amidine groups is 1. The van der Waals surface area contributed by atoms with Gasteiger partial charge in [-0.3, -0.25) is 9.59 Å². The van der Waals surface area contributed by atoms with Crippen molar-refractivity contribution < 1.29 is 19.0 Å². The first-order valence-corrected chi connectivity index (χ1v) is 11.4. The second kappa shape index (κ2) is 12.8. The Morgan fingerprint density at radius 1 is 0.943 bits per heavy atom. The summed E-state index contributed by atoms with van der Waals surface area (Å²) >= 11 is 0. The summed E-state index contributed by atoms with van der Waals surface area (Å²) in [7, 11) is 0. The van der Waals surface area contributed by atoms with E-state index in [1.165, 1.54) is 0 Å². The SMILES string of the molecule is CCOC(=O)CC(Cc1ccc(-c2ccccc2)cc1)NC(=O)C(=N)[N+](Cc1ccccc1)=NN. The highest BCUT2D eigenvalue weighted by atomic mass is 16.5. The molecule has 3 rings (SSSR count). The maximum absolute atomic E-state index is 12.9. The van der Waals surface area contributed by atoms with E-state index in [-0.39, 0.29) is 19.6 Å². The van der Waals surface area contributed by atoms with Crippen molar-refractivity contribution in [3.8, 4) is 11.1 Å². The molecule has 1 amide bonds. The molecular weight excluding hydrogens is 442 g/mol. The van der Waals surface area contributed by atoms with E-state index >= 15 is 0 Å². The Kier molecular flexibility index (Phi) is 9.24. The molecule has 35 heavy (non-hydrogen) atoms. The van der Waals surface area contributed by atoms with E-state index in [2.05, 4.69) is 10.5 Å². The minimum absolute atomic E-state index is 0.0221. The summed E-state index contributed by atoms with van der Waals surface area (Å²) < 4.78 is 6.20. The van der Waals surface area contributed by atoms with Gasteiger partial charge in [-0.1, -0.05) is 84.9 Å². The van der Waals surface area contributed by atoms with Crippen LogP contribution in [0.25, 0.3) is 11.1 Å². The second-order valence-corrected chi connectivity index (χ2v) is 7.95. The zero-order valence-electron chi connectivity index (χ0n) is 19.7. The zero-order valence-corrected chi connectivity index (χ0v) is 19.7. The molecule has 0 aliphatic heterocycles. The Hall–Kier alpha value is -4.33. The third kappa shape index (κ3) is 7.60. The van der Waals surface area contributed by atoms with Crippen molar-refractivity contribution in [3.05, 3.63) is 96.1 Å². The van der Waals surface area contributed by atoms with Crippen LogP contribution in [0.15, 0.2) is 90.2 Å². The van der Waals surface area contributed by atoms with Gasteiger partial charge in [-0.25, -0.2) is 5.84 Å². The number of nitrogens with zero attached hydrogens (tertiary/aromatic N) is 2. The third-order valence-corrected chi connectivity index (χ3v) is 5.38. The van der Waals surface area contributed by atoms with Crippen LogP contribution in [0, 0.1) is 5.41 Å². The van der Waals surface area contributed by atoms with E-state index in [0.717, 1.165) is 27.0 Å². The number of amides is 1. The lowest BCUT2D eigenvalue weighted by molar-refractivity contribution is -0.501. The largest absolute Gasteiger partial charge is 0.466 e. The molecule has 0 radical (unpaired) electrons. The predicted molar refractivity (Wildman–Crippen MR) is 134 cm³/mol. The lowest BCUT2D eigenvalue weighted by Crippen LogP contribution is -2.44. The van der Waals surface area contributed by atoms with Gasteiger partial charge in [0.25, 0.3) is 0 Å². The Morgan fingerprint density at radius 2 is 1.54 bits per heavy atom. The summed E-state index contributed by atoms with van der Waals surface area (Å²) in [5.41, 5.74) is 3.97. The van der Waals surface area contributed by atoms with Crippen LogP contribution in [0.3, 0.4) is 0 Å². The smallest absolute Gasteiger partial charge is 0.340 e. The van der Waals surface area contributed by atoms with Crippen LogP contribution in [0.5, 0.6) is 0 Å². The predicted octanol–water partition coefficient (Wildman–Crippen LogP) is 3.85. The molecular formula is C27H30N5O3+. The molecule has 8 nitrogen and oxygen atoms in total. The standard InChI is InChI=1S/C27H29N5O3/c1-2-35-25(33)18-24(17-20-13-15-23(16-14-20)22-11-7-4-8-12-22)30-27(34)26(28)32(31-29)19-21-9-5-3-6-10-21/h3-16,24,28-29H,2,17-19H2,1H3,(H,30,34)/p+1. The minimum atomic E-state index is -0.676. The number of hydrogen-bond donors (Lipinski definition) is 3. The summed E-state index contributed by atoms with van der Waals surface area (Å²) in [6.45, 7) is 2.15. The van der Waals surface area contributed by atoms with Crippen LogP contribution >= 0.6 is 0 Å². The molecule has 0 bridgehead atoms. The average molecular weight is 473 g/mol. The van der Waals surface area contributed by atoms with Crippen molar-refractivity contribution in [1.82, 2.24) is 5.32 Å². The van der Waals surface area contributed by atoms with E-state index < -0.39 is 23.8 Å². The normalized spacial score (nSPS) is 12.0. The summed E-state index contributed by atoms with van der Waals surface area (Å²) in [4.78, 5) is 25.1. The number of ether oxygens (including phenoxy) is 1. The topological polar surface area (TPSA) is 121 Å². The lowest BCUT2D eigenvalue weighted by atomic mass is 9.99. The van der Waals surface area contributed by atoms with E-state index in [0.29, 0.717) is 6.42 Å². The first-order chi connectivity index (χ1) is 17.0. The van der Waals surface area contributed by atoms with Crippen molar-refractivity contribution in [2.75, 3.05) is 6.61 Å². The van der Waals surface area contributed by atoms with Crippen LogP contribution < -0.4 is 11.2 Å². The molecule has 8 heteroatoms. The van der Waals surface area contributed by atoms with E-state index in [1.807, 2.05) is 84.9 Å². The summed E-state index contributed by atoms with van der Waals surface area (Å²) in [6, 6.07) is 26.7. The molecule has 0 aliphatic rings. The number of carbonyl (C=O) groups is 2. The molecule has 1 atom stereocenters. The Balaban J connectivity index is 1.70. The van der Waals surface area contributed by atoms with Crippen LogP contribution in [-0.2, 0) is 27.3 Å². The van der Waals surface area contributed by atoms with Crippen molar-refractivity contribution in [3.63, 3.8) is 0 Å². The molecule has 0 heterocycles. The molecule has 0 aliphatic carbocycles. The van der Waals surface area contributed by atoms with Gasteiger partial charge in [0.15, 0.2) is 0 Å². The molecule has 0 saturated carbocycles. The van der Waals surface area contributed by atoms with Crippen LogP contribution in [-0.4, -0.2) is 35.1 Å². The minimum Gasteiger partial charge on any atom is -0.466 e. The summed E-state index contributed by atoms with van der Waals surface area (Å²) in [5, 5.41) is 14.6. The number of carbonyl (C=O) groups excluding carboxylic acids is 2. The molecule has 0 aromatic heterocycles. The van der Waals surface area contributed by atoms with Crippen molar-refractivity contribution in [2.24, 2.45) is 11.1 Å². The lowest BCUT2D eigenvalue weighted by Gasteiger charge is -2.18. The fourth-order valence-electron chi connectivity index (χ4n) is 3.65. The van der Waals surface area contributed by atoms with Crippen molar-refractivity contribution >= 4 is 17.7 Å². The number of rotatable bonds is 9. The Morgan fingerprint density at radius 3 is 2.14 bits per heavy atom. The number of esters is 1. The van der Waals surface area contributed by atoms with Gasteiger partial charge in [0.2, 0.25) is 0 Å². The molecule has 0 fully saturated rings. The fourth-order valence-corrected chi connectivity index (χ4v) is 3.65. The maximum atomic E-state index is 12.9. The second-order valence-electron chi connectivity index (χ2n) is 7.95. The quantitative estimate of drug-likeness (QED) is 0.0833. The highest BCUT2D eigenvalue weighted by molar-refractivity contribution is 6.32. The van der Waals surface area contributed by atoms with E-state index in [1.54, 1.807) is 6.92 Å². The highest BCUT2D eigenvalue weighted by Gasteiger charge is 2.26. The van der Waals surface area contributed by atoms with Gasteiger partial charge < -0.3 is 10.1 Å². The fraction of sp³-hybridized carbons (Fsp3) is 0.222. The number of nitrogens with one attached hydrogen (secondary N) is 2. The van der Waals surface area contributed by atoms with Gasteiger partial charge >= 0.3 is 17.7 Å². The molecule has 3 aromatic carbocycles. The average Bonchev–Trinajstić information content (AvgIpc) is 2.88. The number of nitrogens with two attached hydrogens (primary N) is 1. The Labute approximate surface area is 204 Å². The van der Waals surface area contributed by atoms with Gasteiger partial charge in [-0.15, -0.1) is 4.70 Å². The maximum Gasteiger partial charge on any atom is 0.340 e. The molecule has 180 valence electrons. The van der Waals surface area contributed by atoms with Crippen LogP contribution in [0.1, 0.15) is 24.5 Å². The Bertz CT molecular complexity index is 1160. The highest BCUT2D eigenvalue weighted by Crippen LogP contribution is 2.20. The summed E-state index contributed by atoms with van der Waals surface area (Å²) in [6.07, 6.45) is 0.372. The van der Waals surface area contributed by atoms with Gasteiger partial charge in [0.05, 0.1) is 13.0 Å². The monoisotopic (exact) mass is 472 g/mol. The number of benzene rings is 3. The first-order valence-electron chi connectivity index (χ1n) is 11.4. The van der Waals surface area contributed by atoms with Crippen LogP contribution in [0.4, 0.5) is 0 Å². The molecule has 1 unspecified atom stereocenters. The van der Waals surface area contributed by atoms with E-state index in [4.69, 9.17) is 16.0 Å². The van der Waals surface area contributed by atoms with Crippen molar-refractivity contribution in [2.45, 2.75) is 32.4 Å². The molecule has 4 N–H and O–H groups in total. The molecule has 3 aromatic rings. The summed E-state index contributed by atoms with van der Waals surface area (Å²) in [5.74, 6) is 3.94. The third-order valence-electron chi connectivity index (χ3n) is 5.38. The number of hydrogen-bond acceptors (Lipinski definition) is 5. The molecule has 0 spiro atoms. The molecule has 0 saturated heterocycles. The van der Waals surface area contributed by atoms with Gasteiger partial charge in [-0.05, 0) is 35.6 Å². The van der Waals surface area contributed by atoms with E-state index in [9.17, 15) is 9.59 Å². The van der Waals surface area contributed by atoms with Crippen molar-refractivity contribution in [1.29, 1.82) is 5.41 Å². The van der Waals surface area contributed by atoms with Gasteiger partial charge in [0.1, 0.15) is 6.54 Å². The zero-order chi connectivity index (χ0) is 25.0. The van der Waals surface area contributed by atoms with Gasteiger partial charge in [0, 0.05) is 11.3 Å².